The third-order valence-corrected chi connectivity index (χ3v) is 6.01. The maximum atomic E-state index is 15.2. The van der Waals surface area contributed by atoms with Crippen molar-refractivity contribution < 1.29 is 22.6 Å². The molecule has 2 aromatic rings. The van der Waals surface area contributed by atoms with Gasteiger partial charge in [-0.3, -0.25) is 4.99 Å². The number of hydrogen-bond donors (Lipinski definition) is 0. The monoisotopic (exact) mass is 483 g/mol. The Labute approximate surface area is 203 Å². The summed E-state index contributed by atoms with van der Waals surface area (Å²) in [6.45, 7) is 2.74. The molecule has 8 heteroatoms. The summed E-state index contributed by atoms with van der Waals surface area (Å²) in [6, 6.07) is 6.55. The van der Waals surface area contributed by atoms with Gasteiger partial charge in [0.25, 0.3) is 0 Å². The first-order valence-electron chi connectivity index (χ1n) is 11.6. The first kappa shape index (κ1) is 24.9. The molecule has 5 nitrogen and oxygen atoms in total. The number of hydrogen-bond acceptors (Lipinski definition) is 5. The second kappa shape index (κ2) is 11.0. The molecule has 1 atom stereocenters. The smallest absolute Gasteiger partial charge is 0.387 e. The Morgan fingerprint density at radius 2 is 1.91 bits per heavy atom. The lowest BCUT2D eigenvalue weighted by atomic mass is 9.97. The molecular formula is C27H28F3N3O2. The van der Waals surface area contributed by atoms with E-state index in [1.807, 2.05) is 6.92 Å². The molecular weight excluding hydrogens is 455 g/mol. The van der Waals surface area contributed by atoms with Crippen molar-refractivity contribution >= 4 is 11.3 Å². The summed E-state index contributed by atoms with van der Waals surface area (Å²) in [5, 5.41) is 0. The van der Waals surface area contributed by atoms with Gasteiger partial charge >= 0.3 is 6.61 Å². The van der Waals surface area contributed by atoms with E-state index in [-0.39, 0.29) is 5.75 Å². The van der Waals surface area contributed by atoms with Gasteiger partial charge in [0.2, 0.25) is 0 Å². The number of aliphatic imine (C=N–C) groups is 1. The highest BCUT2D eigenvalue weighted by Gasteiger charge is 2.27. The number of halogens is 3. The molecule has 0 spiro atoms. The lowest BCUT2D eigenvalue weighted by Gasteiger charge is -2.27. The van der Waals surface area contributed by atoms with Crippen LogP contribution < -0.4 is 4.74 Å². The Kier molecular flexibility index (Phi) is 7.80. The van der Waals surface area contributed by atoms with Crippen LogP contribution in [0.25, 0.3) is 5.57 Å². The van der Waals surface area contributed by atoms with Crippen molar-refractivity contribution in [2.24, 2.45) is 4.99 Å². The normalized spacial score (nSPS) is 20.0. The van der Waals surface area contributed by atoms with Crippen LogP contribution in [0.4, 0.5) is 13.2 Å². The van der Waals surface area contributed by atoms with Gasteiger partial charge in [0.15, 0.2) is 0 Å². The van der Waals surface area contributed by atoms with E-state index in [9.17, 15) is 8.78 Å². The highest BCUT2D eigenvalue weighted by Crippen LogP contribution is 2.39. The maximum absolute atomic E-state index is 15.2. The zero-order chi connectivity index (χ0) is 24.9. The predicted molar refractivity (Wildman–Crippen MR) is 129 cm³/mol. The van der Waals surface area contributed by atoms with E-state index in [0.29, 0.717) is 41.4 Å². The Morgan fingerprint density at radius 1 is 1.20 bits per heavy atom. The van der Waals surface area contributed by atoms with Gasteiger partial charge in [-0.25, -0.2) is 14.4 Å². The first-order chi connectivity index (χ1) is 16.9. The fourth-order valence-corrected chi connectivity index (χ4v) is 4.09. The quantitative estimate of drug-likeness (QED) is 0.297. The Hall–Kier alpha value is -3.26. The van der Waals surface area contributed by atoms with Crippen LogP contribution in [0.2, 0.25) is 0 Å². The molecule has 2 aliphatic rings. The maximum Gasteiger partial charge on any atom is 0.387 e. The van der Waals surface area contributed by atoms with E-state index < -0.39 is 18.5 Å². The minimum absolute atomic E-state index is 0.0624. The summed E-state index contributed by atoms with van der Waals surface area (Å²) in [5.41, 5.74) is 3.48. The molecule has 2 heterocycles. The largest absolute Gasteiger partial charge is 0.434 e. The zero-order valence-corrected chi connectivity index (χ0v) is 20.0. The van der Waals surface area contributed by atoms with Gasteiger partial charge < -0.3 is 9.47 Å². The lowest BCUT2D eigenvalue weighted by molar-refractivity contribution is -0.0522. The standard InChI is InChI=1S/C27H28F3N3O2/c1-4-20(19-14-31-26(32-15-19)18-9-10-18)22(28)13-16(2)33-23-11-12-34-25(17(23)3)21-7-5-6-8-24(21)35-27(29)30/h4-8,13-15,18,25,27H,9-12H2,1-3H3/b20-4-,22-13+,33-16+/t25-/m0/s1. The van der Waals surface area contributed by atoms with Crippen LogP contribution in [0.5, 0.6) is 5.75 Å². The first-order valence-corrected chi connectivity index (χ1v) is 11.6. The van der Waals surface area contributed by atoms with Crippen LogP contribution in [-0.4, -0.2) is 28.9 Å². The van der Waals surface area contributed by atoms with Gasteiger partial charge in [-0.15, -0.1) is 0 Å². The molecule has 1 fully saturated rings. The number of benzene rings is 1. The van der Waals surface area contributed by atoms with E-state index in [1.165, 1.54) is 12.1 Å². The predicted octanol–water partition coefficient (Wildman–Crippen LogP) is 7.11. The number of alkyl halides is 2. The fraction of sp³-hybridized carbons (Fsp3) is 0.370. The van der Waals surface area contributed by atoms with Crippen molar-refractivity contribution in [2.45, 2.75) is 58.7 Å². The molecule has 1 aliphatic carbocycles. The number of nitrogens with zero attached hydrogens (tertiary/aromatic N) is 3. The van der Waals surface area contributed by atoms with Crippen LogP contribution in [0.1, 0.15) is 69.0 Å². The molecule has 1 aliphatic heterocycles. The van der Waals surface area contributed by atoms with Gasteiger partial charge in [0.1, 0.15) is 23.5 Å². The molecule has 1 saturated carbocycles. The van der Waals surface area contributed by atoms with E-state index in [1.54, 1.807) is 50.5 Å². The minimum atomic E-state index is -2.94. The topological polar surface area (TPSA) is 56.6 Å². The van der Waals surface area contributed by atoms with E-state index in [2.05, 4.69) is 19.7 Å². The lowest BCUT2D eigenvalue weighted by Crippen LogP contribution is -2.17. The van der Waals surface area contributed by atoms with Crippen molar-refractivity contribution in [2.75, 3.05) is 6.61 Å². The summed E-state index contributed by atoms with van der Waals surface area (Å²) in [4.78, 5) is 13.4. The second-order valence-electron chi connectivity index (χ2n) is 8.60. The third-order valence-electron chi connectivity index (χ3n) is 6.01. The number of allylic oxidation sites excluding steroid dienone is 4. The molecule has 1 aromatic carbocycles. The van der Waals surface area contributed by atoms with Crippen LogP contribution in [0, 0.1) is 0 Å². The number of rotatable bonds is 8. The Morgan fingerprint density at radius 3 is 2.57 bits per heavy atom. The molecule has 35 heavy (non-hydrogen) atoms. The van der Waals surface area contributed by atoms with Gasteiger partial charge in [-0.2, -0.15) is 8.78 Å². The molecule has 0 bridgehead atoms. The van der Waals surface area contributed by atoms with Crippen LogP contribution >= 0.6 is 0 Å². The van der Waals surface area contributed by atoms with Crippen molar-refractivity contribution in [3.05, 3.63) is 82.9 Å². The molecule has 0 saturated heterocycles. The summed E-state index contributed by atoms with van der Waals surface area (Å²) in [7, 11) is 0. The summed E-state index contributed by atoms with van der Waals surface area (Å²) >= 11 is 0. The third kappa shape index (κ3) is 6.06. The highest BCUT2D eigenvalue weighted by atomic mass is 19.3. The molecule has 1 aromatic heterocycles. The average molecular weight is 484 g/mol. The van der Waals surface area contributed by atoms with Crippen molar-refractivity contribution in [1.29, 1.82) is 0 Å². The van der Waals surface area contributed by atoms with Crippen molar-refractivity contribution in [3.63, 3.8) is 0 Å². The Bertz CT molecular complexity index is 1180. The van der Waals surface area contributed by atoms with Crippen molar-refractivity contribution in [3.8, 4) is 5.75 Å². The number of ether oxygens (including phenoxy) is 2. The summed E-state index contributed by atoms with van der Waals surface area (Å²) < 4.78 is 51.4. The highest BCUT2D eigenvalue weighted by molar-refractivity contribution is 5.97. The summed E-state index contributed by atoms with van der Waals surface area (Å²) in [5.74, 6) is 0.867. The van der Waals surface area contributed by atoms with Gasteiger partial charge in [0.05, 0.1) is 6.61 Å². The molecule has 0 N–H and O–H groups in total. The Balaban J connectivity index is 1.57. The molecule has 0 radical (unpaired) electrons. The van der Waals surface area contributed by atoms with E-state index in [0.717, 1.165) is 29.9 Å². The molecule has 184 valence electrons. The van der Waals surface area contributed by atoms with E-state index >= 15 is 4.39 Å². The average Bonchev–Trinajstić information content (AvgIpc) is 3.67. The van der Waals surface area contributed by atoms with Crippen molar-refractivity contribution in [1.82, 2.24) is 9.97 Å². The van der Waals surface area contributed by atoms with Crippen LogP contribution in [0.15, 0.2) is 70.9 Å². The van der Waals surface area contributed by atoms with Gasteiger partial charge in [-0.05, 0) is 51.3 Å². The van der Waals surface area contributed by atoms with Crippen LogP contribution in [0.3, 0.4) is 0 Å². The zero-order valence-electron chi connectivity index (χ0n) is 20.0. The van der Waals surface area contributed by atoms with Gasteiger partial charge in [0, 0.05) is 52.8 Å². The van der Waals surface area contributed by atoms with E-state index in [4.69, 9.17) is 4.74 Å². The van der Waals surface area contributed by atoms with Gasteiger partial charge in [-0.1, -0.05) is 24.3 Å². The molecule has 0 amide bonds. The number of para-hydroxylation sites is 1. The summed E-state index contributed by atoms with van der Waals surface area (Å²) in [6.07, 6.45) is 8.53. The number of aromatic nitrogens is 2. The minimum Gasteiger partial charge on any atom is -0.434 e. The molecule has 0 unspecified atom stereocenters. The second-order valence-corrected chi connectivity index (χ2v) is 8.60. The SMILES string of the molecule is C\C=C(/C(F)=C\C(C)=N\C1=C(C)[C@@H](c2ccccc2OC(F)F)OCC1)c1cnc(C2CC2)nc1. The molecule has 4 rings (SSSR count). The van der Waals surface area contributed by atoms with Crippen LogP contribution in [-0.2, 0) is 4.74 Å². The fourth-order valence-electron chi connectivity index (χ4n) is 4.09.